The van der Waals surface area contributed by atoms with E-state index in [-0.39, 0.29) is 25.6 Å². The van der Waals surface area contributed by atoms with Crippen LogP contribution >= 0.6 is 0 Å². The van der Waals surface area contributed by atoms with Gasteiger partial charge in [0.05, 0.1) is 19.6 Å². The molecule has 1 fully saturated rings. The zero-order valence-electron chi connectivity index (χ0n) is 9.22. The van der Waals surface area contributed by atoms with Crippen molar-refractivity contribution in [2.24, 2.45) is 0 Å². The number of carbonyl (C=O) groups excluding carboxylic acids is 1. The van der Waals surface area contributed by atoms with Crippen LogP contribution in [0.3, 0.4) is 0 Å². The second-order valence-corrected chi connectivity index (χ2v) is 3.87. The van der Waals surface area contributed by atoms with Gasteiger partial charge in [0, 0.05) is 12.6 Å². The molecule has 0 atom stereocenters. The van der Waals surface area contributed by atoms with Gasteiger partial charge < -0.3 is 4.74 Å². The van der Waals surface area contributed by atoms with Gasteiger partial charge in [-0.05, 0) is 19.8 Å². The molecular formula is C10H16F3NO2. The van der Waals surface area contributed by atoms with E-state index in [1.807, 2.05) is 0 Å². The quantitative estimate of drug-likeness (QED) is 0.664. The fraction of sp³-hybridized carbons (Fsp3) is 0.900. The third-order valence-corrected chi connectivity index (χ3v) is 2.35. The van der Waals surface area contributed by atoms with Crippen molar-refractivity contribution in [2.45, 2.75) is 38.4 Å². The lowest BCUT2D eigenvalue weighted by Gasteiger charge is -2.22. The van der Waals surface area contributed by atoms with Crippen LogP contribution in [0.25, 0.3) is 0 Å². The first kappa shape index (κ1) is 13.3. The minimum Gasteiger partial charge on any atom is -0.466 e. The molecule has 0 saturated heterocycles. The number of alkyl halides is 3. The summed E-state index contributed by atoms with van der Waals surface area (Å²) >= 11 is 0. The number of carbonyl (C=O) groups is 1. The molecule has 3 nitrogen and oxygen atoms in total. The second kappa shape index (κ2) is 5.52. The van der Waals surface area contributed by atoms with E-state index in [0.29, 0.717) is 0 Å². The zero-order valence-corrected chi connectivity index (χ0v) is 9.22. The summed E-state index contributed by atoms with van der Waals surface area (Å²) in [7, 11) is 0. The van der Waals surface area contributed by atoms with Crippen LogP contribution in [0, 0.1) is 0 Å². The van der Waals surface area contributed by atoms with Crippen LogP contribution in [0.4, 0.5) is 13.2 Å². The molecule has 1 aliphatic carbocycles. The first-order valence-electron chi connectivity index (χ1n) is 5.39. The number of hydrogen-bond acceptors (Lipinski definition) is 3. The van der Waals surface area contributed by atoms with Gasteiger partial charge in [0.2, 0.25) is 0 Å². The summed E-state index contributed by atoms with van der Waals surface area (Å²) in [5.74, 6) is -0.435. The molecule has 1 saturated carbocycles. The maximum Gasteiger partial charge on any atom is 0.401 e. The SMILES string of the molecule is CCOC(=O)CCN(CC(F)(F)F)C1CC1. The molecule has 0 aromatic rings. The summed E-state index contributed by atoms with van der Waals surface area (Å²) in [4.78, 5) is 12.3. The summed E-state index contributed by atoms with van der Waals surface area (Å²) < 4.78 is 41.3. The van der Waals surface area contributed by atoms with Gasteiger partial charge in [-0.2, -0.15) is 13.2 Å². The van der Waals surface area contributed by atoms with E-state index in [2.05, 4.69) is 4.74 Å². The summed E-state index contributed by atoms with van der Waals surface area (Å²) in [6, 6.07) is -0.00366. The lowest BCUT2D eigenvalue weighted by atomic mass is 10.3. The van der Waals surface area contributed by atoms with Crippen LogP contribution in [-0.4, -0.2) is 42.8 Å². The predicted molar refractivity (Wildman–Crippen MR) is 51.9 cm³/mol. The minimum atomic E-state index is -4.20. The molecule has 0 N–H and O–H groups in total. The van der Waals surface area contributed by atoms with Gasteiger partial charge in [0.1, 0.15) is 0 Å². The first-order chi connectivity index (χ1) is 7.42. The lowest BCUT2D eigenvalue weighted by molar-refractivity contribution is -0.152. The molecule has 0 aromatic carbocycles. The average Bonchev–Trinajstić information content (AvgIpc) is 2.94. The fourth-order valence-corrected chi connectivity index (χ4v) is 1.53. The number of halogens is 3. The Kier molecular flexibility index (Phi) is 4.58. The third-order valence-electron chi connectivity index (χ3n) is 2.35. The molecule has 16 heavy (non-hydrogen) atoms. The summed E-state index contributed by atoms with van der Waals surface area (Å²) in [6.45, 7) is 1.13. The highest BCUT2D eigenvalue weighted by Crippen LogP contribution is 2.30. The molecule has 0 aliphatic heterocycles. The highest BCUT2D eigenvalue weighted by molar-refractivity contribution is 5.69. The van der Waals surface area contributed by atoms with Gasteiger partial charge in [-0.15, -0.1) is 0 Å². The third kappa shape index (κ3) is 5.34. The molecule has 94 valence electrons. The summed E-state index contributed by atoms with van der Waals surface area (Å²) in [6.07, 6.45) is -2.59. The van der Waals surface area contributed by atoms with Crippen LogP contribution in [0.1, 0.15) is 26.2 Å². The lowest BCUT2D eigenvalue weighted by Crippen LogP contribution is -2.37. The molecule has 1 aliphatic rings. The largest absolute Gasteiger partial charge is 0.466 e. The van der Waals surface area contributed by atoms with E-state index in [1.54, 1.807) is 6.92 Å². The number of esters is 1. The number of ether oxygens (including phenoxy) is 1. The molecule has 0 bridgehead atoms. The first-order valence-corrected chi connectivity index (χ1v) is 5.39. The van der Waals surface area contributed by atoms with E-state index in [0.717, 1.165) is 12.8 Å². The Morgan fingerprint density at radius 2 is 2.06 bits per heavy atom. The number of nitrogens with zero attached hydrogens (tertiary/aromatic N) is 1. The monoisotopic (exact) mass is 239 g/mol. The van der Waals surface area contributed by atoms with Crippen molar-refractivity contribution < 1.29 is 22.7 Å². The van der Waals surface area contributed by atoms with Crippen molar-refractivity contribution in [1.82, 2.24) is 4.90 Å². The second-order valence-electron chi connectivity index (χ2n) is 3.87. The molecule has 1 rings (SSSR count). The molecule has 0 amide bonds. The predicted octanol–water partition coefficient (Wildman–Crippen LogP) is 1.97. The molecule has 0 heterocycles. The maximum absolute atomic E-state index is 12.2. The molecule has 0 radical (unpaired) electrons. The van der Waals surface area contributed by atoms with E-state index in [4.69, 9.17) is 0 Å². The van der Waals surface area contributed by atoms with Crippen molar-refractivity contribution in [1.29, 1.82) is 0 Å². The van der Waals surface area contributed by atoms with Gasteiger partial charge >= 0.3 is 12.1 Å². The van der Waals surface area contributed by atoms with Gasteiger partial charge in [-0.25, -0.2) is 0 Å². The van der Waals surface area contributed by atoms with E-state index in [1.165, 1.54) is 4.90 Å². The highest BCUT2D eigenvalue weighted by atomic mass is 19.4. The summed E-state index contributed by atoms with van der Waals surface area (Å²) in [5.41, 5.74) is 0. The number of rotatable bonds is 6. The van der Waals surface area contributed by atoms with Crippen LogP contribution in [0.5, 0.6) is 0 Å². The normalized spacial score (nSPS) is 16.6. The Labute approximate surface area is 92.5 Å². The van der Waals surface area contributed by atoms with Crippen molar-refractivity contribution in [3.8, 4) is 0 Å². The van der Waals surface area contributed by atoms with Gasteiger partial charge in [0.15, 0.2) is 0 Å². The van der Waals surface area contributed by atoms with E-state index < -0.39 is 18.7 Å². The van der Waals surface area contributed by atoms with Crippen molar-refractivity contribution in [2.75, 3.05) is 19.7 Å². The summed E-state index contributed by atoms with van der Waals surface area (Å²) in [5, 5.41) is 0. The van der Waals surface area contributed by atoms with Gasteiger partial charge in [0.25, 0.3) is 0 Å². The highest BCUT2D eigenvalue weighted by Gasteiger charge is 2.37. The Morgan fingerprint density at radius 1 is 1.44 bits per heavy atom. The fourth-order valence-electron chi connectivity index (χ4n) is 1.53. The Hall–Kier alpha value is -0.780. The van der Waals surface area contributed by atoms with Gasteiger partial charge in [-0.3, -0.25) is 9.69 Å². The maximum atomic E-state index is 12.2. The Morgan fingerprint density at radius 3 is 2.50 bits per heavy atom. The average molecular weight is 239 g/mol. The zero-order chi connectivity index (χ0) is 12.2. The molecule has 0 aromatic heterocycles. The molecular weight excluding hydrogens is 223 g/mol. The van der Waals surface area contributed by atoms with Crippen molar-refractivity contribution in [3.05, 3.63) is 0 Å². The minimum absolute atomic E-state index is 0.00366. The standard InChI is InChI=1S/C10H16F3NO2/c1-2-16-9(15)5-6-14(8-3-4-8)7-10(11,12)13/h8H,2-7H2,1H3. The number of hydrogen-bond donors (Lipinski definition) is 0. The molecule has 0 spiro atoms. The molecule has 0 unspecified atom stereocenters. The topological polar surface area (TPSA) is 29.5 Å². The van der Waals surface area contributed by atoms with Gasteiger partial charge in [-0.1, -0.05) is 0 Å². The van der Waals surface area contributed by atoms with Crippen LogP contribution in [-0.2, 0) is 9.53 Å². The van der Waals surface area contributed by atoms with Crippen molar-refractivity contribution >= 4 is 5.97 Å². The smallest absolute Gasteiger partial charge is 0.401 e. The van der Waals surface area contributed by atoms with Crippen LogP contribution in [0.15, 0.2) is 0 Å². The Bertz CT molecular complexity index is 239. The Balaban J connectivity index is 2.31. The van der Waals surface area contributed by atoms with Crippen LogP contribution in [0.2, 0.25) is 0 Å². The molecule has 6 heteroatoms. The van der Waals surface area contributed by atoms with Crippen molar-refractivity contribution in [3.63, 3.8) is 0 Å². The van der Waals surface area contributed by atoms with E-state index in [9.17, 15) is 18.0 Å². The van der Waals surface area contributed by atoms with Crippen LogP contribution < -0.4 is 0 Å². The van der Waals surface area contributed by atoms with E-state index >= 15 is 0 Å².